The minimum atomic E-state index is -3.92. The zero-order valence-electron chi connectivity index (χ0n) is 7.83. The van der Waals surface area contributed by atoms with Gasteiger partial charge < -0.3 is 30.1 Å². The molecule has 0 aromatic rings. The van der Waals surface area contributed by atoms with Crippen LogP contribution >= 0.6 is 0 Å². The smallest absolute Gasteiger partial charge is 0.0916 e. The highest BCUT2D eigenvalue weighted by Crippen LogP contribution is 1.90. The van der Waals surface area contributed by atoms with Crippen molar-refractivity contribution in [3.63, 3.8) is 0 Å². The number of rotatable bonds is 4. The SMILES string of the molecule is CS(=O)(=O)[O-].NC(CCC(=O)[O-])C(=O)[O-]. The van der Waals surface area contributed by atoms with E-state index in [1.54, 1.807) is 0 Å². The summed E-state index contributed by atoms with van der Waals surface area (Å²) in [5, 5.41) is 19.6. The lowest BCUT2D eigenvalue weighted by molar-refractivity contribution is -0.309. The summed E-state index contributed by atoms with van der Waals surface area (Å²) in [5.74, 6) is -2.75. The Morgan fingerprint density at radius 2 is 1.67 bits per heavy atom. The Labute approximate surface area is 86.4 Å². The highest BCUT2D eigenvalue weighted by molar-refractivity contribution is 7.84. The molecule has 8 nitrogen and oxygen atoms in total. The van der Waals surface area contributed by atoms with Gasteiger partial charge in [0.05, 0.1) is 16.1 Å². The molecule has 0 aromatic carbocycles. The second-order valence-corrected chi connectivity index (χ2v) is 3.95. The summed E-state index contributed by atoms with van der Waals surface area (Å²) in [6, 6.07) is -1.21. The summed E-state index contributed by atoms with van der Waals surface area (Å²) < 4.78 is 27.2. The first-order chi connectivity index (χ1) is 6.54. The molecular formula is C6H10NO7S-3. The van der Waals surface area contributed by atoms with Gasteiger partial charge in [-0.05, 0) is 12.8 Å². The van der Waals surface area contributed by atoms with E-state index in [4.69, 9.17) is 18.7 Å². The summed E-state index contributed by atoms with van der Waals surface area (Å²) in [6.45, 7) is 0. The lowest BCUT2D eigenvalue weighted by Gasteiger charge is -2.11. The van der Waals surface area contributed by atoms with Crippen LogP contribution in [0, 0.1) is 0 Å². The number of hydrogen-bond acceptors (Lipinski definition) is 8. The van der Waals surface area contributed by atoms with Gasteiger partial charge in [0, 0.05) is 18.3 Å². The molecule has 0 aliphatic rings. The lowest BCUT2D eigenvalue weighted by Crippen LogP contribution is -2.42. The fraction of sp³-hybridized carbons (Fsp3) is 0.667. The normalized spacial score (nSPS) is 12.2. The van der Waals surface area contributed by atoms with E-state index >= 15 is 0 Å². The van der Waals surface area contributed by atoms with Crippen molar-refractivity contribution in [2.24, 2.45) is 5.73 Å². The van der Waals surface area contributed by atoms with Crippen molar-refractivity contribution in [3.05, 3.63) is 0 Å². The molecule has 0 aliphatic carbocycles. The monoisotopic (exact) mass is 240 g/mol. The first-order valence-corrected chi connectivity index (χ1v) is 5.43. The van der Waals surface area contributed by atoms with Gasteiger partial charge >= 0.3 is 0 Å². The van der Waals surface area contributed by atoms with Gasteiger partial charge in [-0.15, -0.1) is 0 Å². The molecule has 0 radical (unpaired) electrons. The Hall–Kier alpha value is -1.19. The van der Waals surface area contributed by atoms with Gasteiger partial charge in [-0.3, -0.25) is 0 Å². The maximum atomic E-state index is 9.86. The first-order valence-electron chi connectivity index (χ1n) is 3.61. The highest BCUT2D eigenvalue weighted by Gasteiger charge is 2.01. The van der Waals surface area contributed by atoms with E-state index in [1.807, 2.05) is 0 Å². The molecule has 2 N–H and O–H groups in total. The molecule has 0 spiro atoms. The molecule has 0 saturated carbocycles. The van der Waals surface area contributed by atoms with Crippen LogP contribution in [0.4, 0.5) is 0 Å². The van der Waals surface area contributed by atoms with Crippen LogP contribution in [-0.2, 0) is 19.7 Å². The van der Waals surface area contributed by atoms with Crippen molar-refractivity contribution in [2.75, 3.05) is 6.26 Å². The summed E-state index contributed by atoms with van der Waals surface area (Å²) >= 11 is 0. The molecule has 0 rings (SSSR count). The Bertz CT molecular complexity index is 301. The predicted octanol–water partition coefficient (Wildman–Crippen LogP) is -4.24. The second-order valence-electron chi connectivity index (χ2n) is 2.54. The number of carboxylic acid groups (broad SMARTS) is 2. The molecule has 9 heteroatoms. The van der Waals surface area contributed by atoms with Crippen molar-refractivity contribution in [1.82, 2.24) is 0 Å². The van der Waals surface area contributed by atoms with E-state index in [0.717, 1.165) is 0 Å². The Morgan fingerprint density at radius 1 is 1.33 bits per heavy atom. The molecule has 0 bridgehead atoms. The zero-order valence-corrected chi connectivity index (χ0v) is 8.65. The third kappa shape index (κ3) is 24.5. The molecule has 15 heavy (non-hydrogen) atoms. The van der Waals surface area contributed by atoms with E-state index < -0.39 is 28.1 Å². The van der Waals surface area contributed by atoms with Crippen LogP contribution in [0.15, 0.2) is 0 Å². The van der Waals surface area contributed by atoms with Gasteiger partial charge in [0.2, 0.25) is 0 Å². The quantitative estimate of drug-likeness (QED) is 0.482. The van der Waals surface area contributed by atoms with Crippen molar-refractivity contribution >= 4 is 22.1 Å². The highest BCUT2D eigenvalue weighted by atomic mass is 32.2. The predicted molar refractivity (Wildman–Crippen MR) is 42.8 cm³/mol. The van der Waals surface area contributed by atoms with Gasteiger partial charge in [0.15, 0.2) is 0 Å². The minimum Gasteiger partial charge on any atom is -0.748 e. The lowest BCUT2D eigenvalue weighted by atomic mass is 10.2. The number of nitrogens with two attached hydrogens (primary N) is 1. The molecule has 1 unspecified atom stereocenters. The Balaban J connectivity index is 0. The van der Waals surface area contributed by atoms with Gasteiger partial charge in [-0.25, -0.2) is 8.42 Å². The van der Waals surface area contributed by atoms with Gasteiger partial charge in [-0.2, -0.15) is 0 Å². The van der Waals surface area contributed by atoms with Crippen LogP contribution in [0.2, 0.25) is 0 Å². The van der Waals surface area contributed by atoms with Crippen molar-refractivity contribution in [2.45, 2.75) is 18.9 Å². The summed E-state index contributed by atoms with van der Waals surface area (Å²) in [7, 11) is -3.92. The van der Waals surface area contributed by atoms with Crippen molar-refractivity contribution in [1.29, 1.82) is 0 Å². The molecule has 0 fully saturated rings. The van der Waals surface area contributed by atoms with Crippen LogP contribution in [0.1, 0.15) is 12.8 Å². The third-order valence-electron chi connectivity index (χ3n) is 0.962. The maximum absolute atomic E-state index is 9.86. The molecule has 0 amide bonds. The zero-order chi connectivity index (χ0) is 12.6. The first kappa shape index (κ1) is 16.2. The van der Waals surface area contributed by atoms with Crippen LogP contribution in [0.25, 0.3) is 0 Å². The molecule has 0 aliphatic heterocycles. The van der Waals surface area contributed by atoms with Gasteiger partial charge in [-0.1, -0.05) is 0 Å². The molecule has 0 saturated heterocycles. The summed E-state index contributed by atoms with van der Waals surface area (Å²) in [5.41, 5.74) is 4.91. The number of carbonyl (C=O) groups is 2. The van der Waals surface area contributed by atoms with Crippen LogP contribution in [0.3, 0.4) is 0 Å². The Morgan fingerprint density at radius 3 is 1.87 bits per heavy atom. The van der Waals surface area contributed by atoms with Crippen molar-refractivity contribution in [3.8, 4) is 0 Å². The van der Waals surface area contributed by atoms with E-state index in [1.165, 1.54) is 0 Å². The molecule has 0 heterocycles. The summed E-state index contributed by atoms with van der Waals surface area (Å²) in [6.07, 6.45) is 0.104. The minimum absolute atomic E-state index is 0.148. The summed E-state index contributed by atoms with van der Waals surface area (Å²) in [4.78, 5) is 19.6. The molecular weight excluding hydrogens is 230 g/mol. The average molecular weight is 240 g/mol. The van der Waals surface area contributed by atoms with Crippen LogP contribution in [0.5, 0.6) is 0 Å². The molecule has 1 atom stereocenters. The van der Waals surface area contributed by atoms with Crippen LogP contribution in [-0.4, -0.2) is 37.2 Å². The molecule has 90 valence electrons. The fourth-order valence-corrected chi connectivity index (χ4v) is 0.391. The second kappa shape index (κ2) is 7.15. The largest absolute Gasteiger partial charge is 0.748 e. The van der Waals surface area contributed by atoms with Gasteiger partial charge in [0.25, 0.3) is 0 Å². The maximum Gasteiger partial charge on any atom is 0.0916 e. The fourth-order valence-electron chi connectivity index (χ4n) is 0.391. The van der Waals surface area contributed by atoms with Crippen molar-refractivity contribution < 1.29 is 32.8 Å². The number of carboxylic acids is 2. The topological polar surface area (TPSA) is 163 Å². The number of carbonyl (C=O) groups excluding carboxylic acids is 2. The third-order valence-corrected chi connectivity index (χ3v) is 0.962. The van der Waals surface area contributed by atoms with E-state index in [2.05, 4.69) is 0 Å². The van der Waals surface area contributed by atoms with Gasteiger partial charge in [0.1, 0.15) is 0 Å². The van der Waals surface area contributed by atoms with E-state index in [0.29, 0.717) is 6.26 Å². The Kier molecular flexibility index (Phi) is 7.74. The standard InChI is InChI=1S/C5H9NO4.CH4O3S/c6-3(5(9)10)1-2-4(7)8;1-5(2,3)4/h3H,1-2,6H2,(H,7,8)(H,9,10);1H3,(H,2,3,4)/p-3. The van der Waals surface area contributed by atoms with E-state index in [-0.39, 0.29) is 12.8 Å². The molecule has 0 aromatic heterocycles. The van der Waals surface area contributed by atoms with Crippen LogP contribution < -0.4 is 15.9 Å². The number of aliphatic carboxylic acids is 2. The average Bonchev–Trinajstić information content (AvgIpc) is 1.96. The van der Waals surface area contributed by atoms with E-state index in [9.17, 15) is 19.8 Å². The number of hydrogen-bond donors (Lipinski definition) is 1.